The molecule has 1 aliphatic heterocycles. The van der Waals surface area contributed by atoms with Crippen molar-refractivity contribution >= 4 is 10.0 Å². The van der Waals surface area contributed by atoms with Crippen molar-refractivity contribution in [2.75, 3.05) is 32.4 Å². The number of rotatable bonds is 3. The Morgan fingerprint density at radius 2 is 1.81 bits per heavy atom. The van der Waals surface area contributed by atoms with Gasteiger partial charge in [0, 0.05) is 31.7 Å². The normalized spacial score (nSPS) is 23.9. The molecule has 0 saturated carbocycles. The van der Waals surface area contributed by atoms with E-state index in [0.29, 0.717) is 6.54 Å². The fourth-order valence-electron chi connectivity index (χ4n) is 2.44. The highest BCUT2D eigenvalue weighted by atomic mass is 32.2. The van der Waals surface area contributed by atoms with Crippen molar-refractivity contribution in [1.82, 2.24) is 9.21 Å². The average molecular weight is 247 g/mol. The third-order valence-corrected chi connectivity index (χ3v) is 4.32. The summed E-state index contributed by atoms with van der Waals surface area (Å²) < 4.78 is 24.9. The molecule has 0 atom stereocenters. The predicted molar refractivity (Wildman–Crippen MR) is 66.7 cm³/mol. The zero-order chi connectivity index (χ0) is 12.6. The smallest absolute Gasteiger partial charge is 0.211 e. The summed E-state index contributed by atoms with van der Waals surface area (Å²) in [6, 6.07) is 0. The molecule has 1 aliphatic rings. The van der Waals surface area contributed by atoms with E-state index in [1.807, 2.05) is 13.8 Å². The Morgan fingerprint density at radius 1 is 1.25 bits per heavy atom. The molecule has 5 heteroatoms. The Morgan fingerprint density at radius 3 is 2.19 bits per heavy atom. The monoisotopic (exact) mass is 247 g/mol. The van der Waals surface area contributed by atoms with Gasteiger partial charge in [0.15, 0.2) is 0 Å². The van der Waals surface area contributed by atoms with Crippen molar-refractivity contribution in [3.63, 3.8) is 0 Å². The number of sulfonamides is 1. The van der Waals surface area contributed by atoms with Gasteiger partial charge in [0.05, 0.1) is 6.26 Å². The van der Waals surface area contributed by atoms with Crippen molar-refractivity contribution in [2.24, 2.45) is 0 Å². The molecule has 1 saturated heterocycles. The van der Waals surface area contributed by atoms with Crippen LogP contribution in [0.2, 0.25) is 0 Å². The van der Waals surface area contributed by atoms with Crippen LogP contribution in [0.3, 0.4) is 0 Å². The molecular formula is C11H23N2O2S. The van der Waals surface area contributed by atoms with Gasteiger partial charge in [-0.1, -0.05) is 13.8 Å². The predicted octanol–water partition coefficient (Wildman–Crippen LogP) is 0.956. The van der Waals surface area contributed by atoms with Crippen molar-refractivity contribution in [3.05, 3.63) is 5.92 Å². The molecule has 95 valence electrons. The van der Waals surface area contributed by atoms with Crippen LogP contribution in [-0.2, 0) is 10.0 Å². The van der Waals surface area contributed by atoms with E-state index >= 15 is 0 Å². The quantitative estimate of drug-likeness (QED) is 0.746. The van der Waals surface area contributed by atoms with Crippen LogP contribution < -0.4 is 0 Å². The second-order valence-corrected chi connectivity index (χ2v) is 7.47. The highest BCUT2D eigenvalue weighted by molar-refractivity contribution is 7.88. The molecule has 1 heterocycles. The van der Waals surface area contributed by atoms with E-state index in [-0.39, 0.29) is 5.54 Å². The zero-order valence-corrected chi connectivity index (χ0v) is 11.8. The number of piperazine rings is 1. The van der Waals surface area contributed by atoms with Gasteiger partial charge < -0.3 is 0 Å². The molecule has 0 N–H and O–H groups in total. The second-order valence-electron chi connectivity index (χ2n) is 5.57. The molecule has 1 rings (SSSR count). The van der Waals surface area contributed by atoms with Gasteiger partial charge in [0.2, 0.25) is 10.0 Å². The molecule has 0 amide bonds. The minimum atomic E-state index is -3.09. The van der Waals surface area contributed by atoms with Gasteiger partial charge in [-0.15, -0.1) is 0 Å². The van der Waals surface area contributed by atoms with E-state index in [1.54, 1.807) is 4.31 Å². The number of hydrogen-bond acceptors (Lipinski definition) is 3. The first-order chi connectivity index (χ1) is 7.13. The topological polar surface area (TPSA) is 40.6 Å². The van der Waals surface area contributed by atoms with Gasteiger partial charge in [-0.05, 0) is 19.8 Å². The average Bonchev–Trinajstić information content (AvgIpc) is 1.97. The minimum Gasteiger partial charge on any atom is -0.300 e. The maximum atomic E-state index is 11.6. The van der Waals surface area contributed by atoms with Crippen LogP contribution in [0.25, 0.3) is 0 Å². The fraction of sp³-hybridized carbons (Fsp3) is 0.909. The summed E-state index contributed by atoms with van der Waals surface area (Å²) in [7, 11) is -3.09. The standard InChI is InChI=1S/C11H23N2O2S/c1-10(2)8-12-6-7-13(16(5,14)15)11(3,4)9-12/h6-9H2,1-5H3. The SMILES string of the molecule is C[C](C)CN1CCN(S(C)(=O)=O)C(C)(C)C1. The molecule has 16 heavy (non-hydrogen) atoms. The molecule has 0 unspecified atom stereocenters. The molecule has 0 aromatic heterocycles. The van der Waals surface area contributed by atoms with Crippen LogP contribution in [-0.4, -0.2) is 55.6 Å². The Kier molecular flexibility index (Phi) is 4.03. The fourth-order valence-corrected chi connectivity index (χ4v) is 3.81. The van der Waals surface area contributed by atoms with Gasteiger partial charge in [0.25, 0.3) is 0 Å². The van der Waals surface area contributed by atoms with Crippen LogP contribution >= 0.6 is 0 Å². The summed E-state index contributed by atoms with van der Waals surface area (Å²) in [4.78, 5) is 2.32. The van der Waals surface area contributed by atoms with Gasteiger partial charge in [-0.3, -0.25) is 4.90 Å². The Hall–Kier alpha value is -0.130. The first-order valence-electron chi connectivity index (χ1n) is 5.62. The summed E-state index contributed by atoms with van der Waals surface area (Å²) in [5.74, 6) is 1.36. The molecular weight excluding hydrogens is 224 g/mol. The molecule has 0 aliphatic carbocycles. The summed E-state index contributed by atoms with van der Waals surface area (Å²) in [5.41, 5.74) is -0.304. The third kappa shape index (κ3) is 3.43. The first-order valence-corrected chi connectivity index (χ1v) is 7.47. The highest BCUT2D eigenvalue weighted by Gasteiger charge is 2.38. The lowest BCUT2D eigenvalue weighted by atomic mass is 10.0. The molecule has 0 aromatic rings. The van der Waals surface area contributed by atoms with Crippen molar-refractivity contribution in [2.45, 2.75) is 33.2 Å². The van der Waals surface area contributed by atoms with Crippen LogP contribution in [0.1, 0.15) is 27.7 Å². The molecule has 1 fully saturated rings. The van der Waals surface area contributed by atoms with Crippen molar-refractivity contribution in [1.29, 1.82) is 0 Å². The van der Waals surface area contributed by atoms with Gasteiger partial charge in [-0.25, -0.2) is 8.42 Å². The largest absolute Gasteiger partial charge is 0.300 e. The Bertz CT molecular complexity index is 336. The van der Waals surface area contributed by atoms with Gasteiger partial charge in [0.1, 0.15) is 0 Å². The van der Waals surface area contributed by atoms with E-state index < -0.39 is 10.0 Å². The minimum absolute atomic E-state index is 0.304. The highest BCUT2D eigenvalue weighted by Crippen LogP contribution is 2.24. The van der Waals surface area contributed by atoms with Crippen molar-refractivity contribution in [3.8, 4) is 0 Å². The molecule has 0 bridgehead atoms. The third-order valence-electron chi connectivity index (χ3n) is 2.85. The maximum absolute atomic E-state index is 11.6. The Balaban J connectivity index is 2.73. The van der Waals surface area contributed by atoms with Gasteiger partial charge >= 0.3 is 0 Å². The van der Waals surface area contributed by atoms with E-state index in [4.69, 9.17) is 0 Å². The summed E-state index contributed by atoms with van der Waals surface area (Å²) in [5, 5.41) is 0. The van der Waals surface area contributed by atoms with E-state index in [2.05, 4.69) is 18.7 Å². The van der Waals surface area contributed by atoms with E-state index in [9.17, 15) is 8.42 Å². The lowest BCUT2D eigenvalue weighted by molar-refractivity contribution is 0.0854. The van der Waals surface area contributed by atoms with E-state index in [0.717, 1.165) is 19.6 Å². The Labute approximate surface area is 99.7 Å². The van der Waals surface area contributed by atoms with Crippen LogP contribution in [0.5, 0.6) is 0 Å². The number of nitrogens with zero attached hydrogens (tertiary/aromatic N) is 2. The summed E-state index contributed by atoms with van der Waals surface area (Å²) in [6.45, 7) is 11.4. The molecule has 1 radical (unpaired) electrons. The van der Waals surface area contributed by atoms with Crippen LogP contribution in [0, 0.1) is 5.92 Å². The molecule has 0 aromatic carbocycles. The van der Waals surface area contributed by atoms with Gasteiger partial charge in [-0.2, -0.15) is 4.31 Å². The second kappa shape index (κ2) is 4.63. The van der Waals surface area contributed by atoms with Crippen LogP contribution in [0.4, 0.5) is 0 Å². The first kappa shape index (κ1) is 13.9. The van der Waals surface area contributed by atoms with E-state index in [1.165, 1.54) is 12.2 Å². The summed E-state index contributed by atoms with van der Waals surface area (Å²) >= 11 is 0. The number of hydrogen-bond donors (Lipinski definition) is 0. The summed E-state index contributed by atoms with van der Waals surface area (Å²) in [6.07, 6.45) is 1.29. The zero-order valence-electron chi connectivity index (χ0n) is 10.9. The molecule has 4 nitrogen and oxygen atoms in total. The lowest BCUT2D eigenvalue weighted by Gasteiger charge is -2.46. The van der Waals surface area contributed by atoms with Crippen molar-refractivity contribution < 1.29 is 8.42 Å². The molecule has 0 spiro atoms. The maximum Gasteiger partial charge on any atom is 0.211 e. The lowest BCUT2D eigenvalue weighted by Crippen LogP contribution is -2.60. The van der Waals surface area contributed by atoms with Crippen LogP contribution in [0.15, 0.2) is 0 Å².